The number of aromatic amines is 1. The Morgan fingerprint density at radius 1 is 1.18 bits per heavy atom. The zero-order chi connectivity index (χ0) is 23.7. The number of hydrogen-bond donors (Lipinski definition) is 2. The molecule has 1 aliphatic rings. The highest BCUT2D eigenvalue weighted by Gasteiger charge is 2.25. The van der Waals surface area contributed by atoms with Crippen LogP contribution in [0.1, 0.15) is 53.0 Å². The standard InChI is InChI=1S/C26H32N6OS/c1-3-4-7-17(14-18-16-28-21-9-6-5-8-19(18)21)23-20-15-22(24(27)33)34-25(20)30-26(29-23)32-12-10-31(2)11-13-32/h5-6,8-9,15-17,28H,3-4,7,10-14H2,1-2H3,(H2,27,33). The summed E-state index contributed by atoms with van der Waals surface area (Å²) < 4.78 is 0. The quantitative estimate of drug-likeness (QED) is 0.390. The van der Waals surface area contributed by atoms with Gasteiger partial charge in [0.25, 0.3) is 5.91 Å². The number of piperazine rings is 1. The molecule has 0 radical (unpaired) electrons. The summed E-state index contributed by atoms with van der Waals surface area (Å²) in [5.41, 5.74) is 9.16. The lowest BCUT2D eigenvalue weighted by Crippen LogP contribution is -2.45. The van der Waals surface area contributed by atoms with Crippen molar-refractivity contribution in [1.82, 2.24) is 19.9 Å². The number of rotatable bonds is 8. The van der Waals surface area contributed by atoms with Crippen molar-refractivity contribution in [3.8, 4) is 0 Å². The molecule has 1 fully saturated rings. The van der Waals surface area contributed by atoms with Crippen molar-refractivity contribution in [3.63, 3.8) is 0 Å². The van der Waals surface area contributed by atoms with Gasteiger partial charge in [-0.15, -0.1) is 11.3 Å². The molecule has 1 saturated heterocycles. The Morgan fingerprint density at radius 3 is 2.74 bits per heavy atom. The first kappa shape index (κ1) is 22.8. The van der Waals surface area contributed by atoms with Gasteiger partial charge in [0, 0.05) is 54.6 Å². The van der Waals surface area contributed by atoms with Crippen molar-refractivity contribution in [2.45, 2.75) is 38.5 Å². The Bertz CT molecular complexity index is 1300. The minimum absolute atomic E-state index is 0.228. The number of thiophene rings is 1. The minimum atomic E-state index is -0.406. The van der Waals surface area contributed by atoms with E-state index in [2.05, 4.69) is 59.2 Å². The third-order valence-corrected chi connectivity index (χ3v) is 7.92. The Labute approximate surface area is 204 Å². The number of carbonyl (C=O) groups is 1. The fraction of sp³-hybridized carbons (Fsp3) is 0.423. The van der Waals surface area contributed by atoms with Crippen LogP contribution in [0.15, 0.2) is 36.5 Å². The smallest absolute Gasteiger partial charge is 0.258 e. The third kappa shape index (κ3) is 4.52. The third-order valence-electron chi connectivity index (χ3n) is 6.87. The first-order valence-corrected chi connectivity index (χ1v) is 12.9. The van der Waals surface area contributed by atoms with Gasteiger partial charge in [-0.25, -0.2) is 9.97 Å². The van der Waals surface area contributed by atoms with Gasteiger partial charge in [0.2, 0.25) is 5.95 Å². The average Bonchev–Trinajstić information content (AvgIpc) is 3.46. The van der Waals surface area contributed by atoms with Gasteiger partial charge in [0.1, 0.15) is 4.83 Å². The molecule has 3 N–H and O–H groups in total. The Hall–Kier alpha value is -2.97. The summed E-state index contributed by atoms with van der Waals surface area (Å²) in [6, 6.07) is 10.3. The molecule has 0 aliphatic carbocycles. The molecule has 1 amide bonds. The van der Waals surface area contributed by atoms with Crippen molar-refractivity contribution in [2.75, 3.05) is 38.1 Å². The summed E-state index contributed by atoms with van der Waals surface area (Å²) in [6.07, 6.45) is 6.30. The molecule has 1 aromatic carbocycles. The number of para-hydroxylation sites is 1. The fourth-order valence-electron chi connectivity index (χ4n) is 4.86. The predicted octanol–water partition coefficient (Wildman–Crippen LogP) is 4.54. The van der Waals surface area contributed by atoms with E-state index in [-0.39, 0.29) is 5.92 Å². The number of unbranched alkanes of at least 4 members (excludes halogenated alkanes) is 1. The van der Waals surface area contributed by atoms with Crippen LogP contribution in [0.3, 0.4) is 0 Å². The molecule has 4 heterocycles. The highest BCUT2D eigenvalue weighted by Crippen LogP contribution is 2.36. The molecule has 8 heteroatoms. The molecule has 3 aromatic heterocycles. The van der Waals surface area contributed by atoms with Gasteiger partial charge in [-0.05, 0) is 37.6 Å². The largest absolute Gasteiger partial charge is 0.365 e. The van der Waals surface area contributed by atoms with Gasteiger partial charge in [0.15, 0.2) is 0 Å². The van der Waals surface area contributed by atoms with E-state index >= 15 is 0 Å². The lowest BCUT2D eigenvalue weighted by Gasteiger charge is -2.32. The second-order valence-electron chi connectivity index (χ2n) is 9.30. The number of amides is 1. The van der Waals surface area contributed by atoms with E-state index in [0.29, 0.717) is 4.88 Å². The van der Waals surface area contributed by atoms with Gasteiger partial charge >= 0.3 is 0 Å². The van der Waals surface area contributed by atoms with Crippen molar-refractivity contribution < 1.29 is 4.79 Å². The van der Waals surface area contributed by atoms with Crippen molar-refractivity contribution in [2.24, 2.45) is 5.73 Å². The molecule has 0 spiro atoms. The zero-order valence-corrected chi connectivity index (χ0v) is 20.7. The number of nitrogens with one attached hydrogen (secondary N) is 1. The normalized spacial score (nSPS) is 15.9. The number of fused-ring (bicyclic) bond motifs is 2. The topological polar surface area (TPSA) is 91.1 Å². The van der Waals surface area contributed by atoms with Crippen LogP contribution in [-0.2, 0) is 6.42 Å². The molecular weight excluding hydrogens is 444 g/mol. The molecule has 7 nitrogen and oxygen atoms in total. The van der Waals surface area contributed by atoms with E-state index in [0.717, 1.165) is 79.2 Å². The highest BCUT2D eigenvalue weighted by molar-refractivity contribution is 7.20. The lowest BCUT2D eigenvalue weighted by molar-refractivity contribution is 0.100. The number of carbonyl (C=O) groups excluding carboxylic acids is 1. The van der Waals surface area contributed by atoms with Gasteiger partial charge < -0.3 is 20.5 Å². The Morgan fingerprint density at radius 2 is 1.97 bits per heavy atom. The molecule has 34 heavy (non-hydrogen) atoms. The number of H-pyrrole nitrogens is 1. The van der Waals surface area contributed by atoms with Crippen molar-refractivity contribution in [3.05, 3.63) is 52.7 Å². The van der Waals surface area contributed by atoms with E-state index in [1.54, 1.807) is 0 Å². The van der Waals surface area contributed by atoms with Gasteiger partial charge in [-0.1, -0.05) is 38.0 Å². The first-order chi connectivity index (χ1) is 16.5. The molecule has 0 saturated carbocycles. The molecule has 178 valence electrons. The number of aromatic nitrogens is 3. The number of benzene rings is 1. The van der Waals surface area contributed by atoms with Crippen LogP contribution < -0.4 is 10.6 Å². The van der Waals surface area contributed by atoms with Gasteiger partial charge in [-0.2, -0.15) is 0 Å². The predicted molar refractivity (Wildman–Crippen MR) is 140 cm³/mol. The molecule has 1 atom stereocenters. The summed E-state index contributed by atoms with van der Waals surface area (Å²) >= 11 is 1.38. The summed E-state index contributed by atoms with van der Waals surface area (Å²) in [7, 11) is 2.15. The molecule has 4 aromatic rings. The van der Waals surface area contributed by atoms with E-state index in [1.165, 1.54) is 22.3 Å². The summed E-state index contributed by atoms with van der Waals surface area (Å²) in [6.45, 7) is 6.00. The Balaban J connectivity index is 1.60. The van der Waals surface area contributed by atoms with E-state index in [4.69, 9.17) is 15.7 Å². The summed E-state index contributed by atoms with van der Waals surface area (Å²) in [5.74, 6) is 0.594. The van der Waals surface area contributed by atoms with Crippen LogP contribution in [0.2, 0.25) is 0 Å². The van der Waals surface area contributed by atoms with E-state index in [9.17, 15) is 4.79 Å². The van der Waals surface area contributed by atoms with Crippen LogP contribution in [-0.4, -0.2) is 59.0 Å². The highest BCUT2D eigenvalue weighted by atomic mass is 32.1. The average molecular weight is 477 g/mol. The molecule has 5 rings (SSSR count). The first-order valence-electron chi connectivity index (χ1n) is 12.1. The van der Waals surface area contributed by atoms with E-state index in [1.807, 2.05) is 6.07 Å². The number of anilines is 1. The molecule has 1 aliphatic heterocycles. The van der Waals surface area contributed by atoms with Crippen molar-refractivity contribution in [1.29, 1.82) is 0 Å². The maximum absolute atomic E-state index is 12.0. The number of primary amides is 1. The maximum atomic E-state index is 12.0. The number of hydrogen-bond acceptors (Lipinski definition) is 6. The summed E-state index contributed by atoms with van der Waals surface area (Å²) in [5, 5.41) is 2.23. The fourth-order valence-corrected chi connectivity index (χ4v) is 5.75. The number of likely N-dealkylation sites (N-methyl/N-ethyl adjacent to an activating group) is 1. The monoisotopic (exact) mass is 476 g/mol. The molecular formula is C26H32N6OS. The second kappa shape index (κ2) is 9.72. The van der Waals surface area contributed by atoms with Crippen LogP contribution in [0.25, 0.3) is 21.1 Å². The Kier molecular flexibility index (Phi) is 6.52. The number of nitrogens with zero attached hydrogens (tertiary/aromatic N) is 4. The zero-order valence-electron chi connectivity index (χ0n) is 19.9. The second-order valence-corrected chi connectivity index (χ2v) is 10.3. The number of nitrogens with two attached hydrogens (primary N) is 1. The van der Waals surface area contributed by atoms with Crippen LogP contribution in [0.5, 0.6) is 0 Å². The maximum Gasteiger partial charge on any atom is 0.258 e. The summed E-state index contributed by atoms with van der Waals surface area (Å²) in [4.78, 5) is 31.5. The lowest BCUT2D eigenvalue weighted by atomic mass is 9.89. The molecule has 1 unspecified atom stereocenters. The molecule has 0 bridgehead atoms. The van der Waals surface area contributed by atoms with Crippen LogP contribution >= 0.6 is 11.3 Å². The van der Waals surface area contributed by atoms with Crippen LogP contribution in [0.4, 0.5) is 5.95 Å². The van der Waals surface area contributed by atoms with Crippen LogP contribution in [0, 0.1) is 0 Å². The van der Waals surface area contributed by atoms with Crippen molar-refractivity contribution >= 4 is 44.3 Å². The minimum Gasteiger partial charge on any atom is -0.365 e. The van der Waals surface area contributed by atoms with Gasteiger partial charge in [0.05, 0.1) is 10.6 Å². The van der Waals surface area contributed by atoms with E-state index < -0.39 is 5.91 Å². The SMILES string of the molecule is CCCCC(Cc1c[nH]c2ccccc12)c1nc(N2CCN(C)CC2)nc2sc(C(N)=O)cc12. The van der Waals surface area contributed by atoms with Gasteiger partial charge in [-0.3, -0.25) is 4.79 Å².